The second-order valence-electron chi connectivity index (χ2n) is 35.9. The highest BCUT2D eigenvalue weighted by Crippen LogP contribution is 2.45. The third-order valence-corrected chi connectivity index (χ3v) is 29.1. The van der Waals surface area contributed by atoms with Crippen molar-refractivity contribution in [2.24, 2.45) is 0 Å². The highest BCUT2D eigenvalue weighted by Gasteiger charge is 2.49. The van der Waals surface area contributed by atoms with Crippen molar-refractivity contribution in [1.82, 2.24) is 68.6 Å². The summed E-state index contributed by atoms with van der Waals surface area (Å²) in [6.45, 7) is 18.1. The molecule has 20 atom stereocenters. The fourth-order valence-electron chi connectivity index (χ4n) is 13.9. The van der Waals surface area contributed by atoms with Gasteiger partial charge in [-0.15, -0.1) is 65.9 Å². The highest BCUT2D eigenvalue weighted by molar-refractivity contribution is 7.73. The van der Waals surface area contributed by atoms with E-state index in [-0.39, 0.29) is 68.1 Å². The number of aryl methyl sites for hydroxylation is 1. The van der Waals surface area contributed by atoms with Gasteiger partial charge in [-0.05, 0) is 167 Å². The van der Waals surface area contributed by atoms with E-state index in [1.54, 1.807) is 13.2 Å². The molecule has 3 amide bonds. The van der Waals surface area contributed by atoms with Gasteiger partial charge in [0, 0.05) is 82.6 Å². The molecule has 0 aromatic carbocycles. The van der Waals surface area contributed by atoms with E-state index in [9.17, 15) is 117 Å². The number of carbonyl (C=O) groups excluding carboxylic acids is 3. The number of nitrogens with zero attached hydrogens (tertiary/aromatic N) is 6. The molecule has 50 heteroatoms. The number of aromatic nitrogens is 10. The van der Waals surface area contributed by atoms with Crippen molar-refractivity contribution < 1.29 is 102 Å². The number of aliphatic hydroxyl groups is 10. The van der Waals surface area contributed by atoms with Crippen molar-refractivity contribution in [2.75, 3.05) is 112 Å². The zero-order valence-electron chi connectivity index (χ0n) is 74.9. The first-order valence-corrected chi connectivity index (χ1v) is 57.1. The number of carbonyl (C=O) groups is 3. The molecule has 0 saturated carbocycles. The molecule has 18 N–H and O–H groups in total. The Morgan fingerprint density at radius 3 is 0.876 bits per heavy atom. The third kappa shape index (κ3) is 32.0. The standard InChI is InChI=1S/C17H25F3N3O6P.C16H26N3O6P.C16H26N3O5PS.C15H26N3O5P.C15H25N2O4PS/c1-22(15(27)17(18,19)20)7-9-8-23(16(28)21-13(9)26)14-12(25)11(24)10(29-14)5-6-30(2,3)4;1-9(20)17-7-10-8-19(16(24)18-14(10)23)15-13(22)12(21)11(25-15)5-6-26(2,3)4;1-9(20)17-7-10-8-19(16(26)18-14(10)23)15-13(22)12(21)11(24-15)5-6-25(2,3)4;1-16-7-9-8-18(15(22)17-13(9)21)14-12(20)11(19)10(23-14)5-6-24(2,3)4;1-5-9-8-17(15(23)16-13(9)20)14-12(19)11(18)10(21-14)6-7-22(2,3)4/h8,10-12,14,24-25H,2,5-7H2,1,3-4H3,(H,21,26,28);8,11-13,15,21-22H,2,5-7H2,1,3-4H3,(H,17,20)(H,18,23,24);8,11-13,15,21-22H,2,5-7H2,1,3-4H3,(H,17,20)(H,18,23,26);8,10-12,14,16,19-20H,2,5-7H2,1,3-4H3,(H,17,21,22);8,10-12,14,18-19H,2,5-7H2,1,3-4H3,(H,16,20,23)/t10?,11-,12-,14?;2*11?,12-,13-,15?;2*10?,11-,12-,14?/m11111/s1. The summed E-state index contributed by atoms with van der Waals surface area (Å²) in [4.78, 5) is 141. The van der Waals surface area contributed by atoms with Gasteiger partial charge < -0.3 is 95.6 Å². The fourth-order valence-corrected chi connectivity index (χ4v) is 19.1. The second-order valence-corrected chi connectivity index (χ2v) is 58.3. The van der Waals surface area contributed by atoms with E-state index in [1.807, 2.05) is 25.2 Å². The SMILES string of the molecule is C=P(C)(C)CCC1OC(n2cc(CC)c(=O)[nH]c2=S)[C@H](O)[C@@H]1O.C=P(C)(C)CCC1OC(n2cc(CN(C)C(=O)C(F)(F)F)c(=O)[nH]c2=O)[C@H](O)[C@@H]1O.C=P(C)(C)CCC1OC(n2cc(CNC(C)=O)c(=O)[nH]c2=O)[C@H](O)[C@@H]1O.C=P(C)(C)CCC1OC(n2cc(CNC(C)=O)c(=O)[nH]c2=S)[C@H](O)[C@@H]1O.C=P(C)(C)CCC1OC(n2cc(CNC)c(=O)[nH]c2=O)[C@H](O)[C@@H]1O. The maximum Gasteiger partial charge on any atom is 0.471 e. The summed E-state index contributed by atoms with van der Waals surface area (Å²) in [5.74, 6) is -2.76. The largest absolute Gasteiger partial charge is 0.471 e. The summed E-state index contributed by atoms with van der Waals surface area (Å²) in [5, 5.41) is 111. The Morgan fingerprint density at radius 2 is 0.628 bits per heavy atom. The lowest BCUT2D eigenvalue weighted by atomic mass is 10.1. The molecule has 5 fully saturated rings. The lowest BCUT2D eigenvalue weighted by Gasteiger charge is -2.21. The fraction of sp³-hybridized carbons (Fsp3) is 0.646. The lowest BCUT2D eigenvalue weighted by molar-refractivity contribution is -0.184. The van der Waals surface area contributed by atoms with Crippen LogP contribution in [0, 0.1) is 9.54 Å². The Bertz CT molecular complexity index is 5510. The van der Waals surface area contributed by atoms with E-state index in [0.29, 0.717) is 55.8 Å². The Kier molecular flexibility index (Phi) is 40.0. The van der Waals surface area contributed by atoms with Crippen LogP contribution in [-0.4, -0.2) is 362 Å². The van der Waals surface area contributed by atoms with Gasteiger partial charge in [-0.25, -0.2) is 14.4 Å². The average molecular weight is 1970 g/mol. The van der Waals surface area contributed by atoms with Crippen molar-refractivity contribution in [3.8, 4) is 0 Å². The van der Waals surface area contributed by atoms with Gasteiger partial charge in [-0.2, -0.15) is 13.2 Å². The number of aliphatic hydroxyl groups excluding tert-OH is 10. The summed E-state index contributed by atoms with van der Waals surface area (Å²) in [6.07, 6.45) is 8.97. The summed E-state index contributed by atoms with van der Waals surface area (Å²) in [6, 6.07) is 0. The molecule has 40 nitrogen and oxygen atoms in total. The number of hydrogen-bond acceptors (Lipinski definition) is 29. The Labute approximate surface area is 752 Å². The number of halogens is 3. The van der Waals surface area contributed by atoms with Crippen LogP contribution in [0.1, 0.15) is 112 Å². The molecule has 5 aliphatic rings. The molecule has 10 rings (SSSR count). The summed E-state index contributed by atoms with van der Waals surface area (Å²) >= 11 is 10.3. The molecular weight excluding hydrogens is 1840 g/mol. The smallest absolute Gasteiger partial charge is 0.388 e. The van der Waals surface area contributed by atoms with Crippen molar-refractivity contribution in [3.05, 3.63) is 152 Å². The van der Waals surface area contributed by atoms with Crippen molar-refractivity contribution in [1.29, 1.82) is 0 Å². The van der Waals surface area contributed by atoms with E-state index in [0.717, 1.165) is 51.6 Å². The normalized spacial score (nSPS) is 26.4. The van der Waals surface area contributed by atoms with Gasteiger partial charge in [0.15, 0.2) is 40.7 Å². The van der Waals surface area contributed by atoms with Crippen molar-refractivity contribution in [2.45, 2.75) is 214 Å². The summed E-state index contributed by atoms with van der Waals surface area (Å²) in [7, 11) is 2.54. The Balaban J connectivity index is 0.000000249. The first kappa shape index (κ1) is 111. The number of nitrogens with one attached hydrogen (secondary N) is 8. The predicted molar refractivity (Wildman–Crippen MR) is 502 cm³/mol. The van der Waals surface area contributed by atoms with Crippen molar-refractivity contribution >= 4 is 108 Å². The average Bonchev–Trinajstić information content (AvgIpc) is 1.68. The van der Waals surface area contributed by atoms with E-state index in [4.69, 9.17) is 48.1 Å². The van der Waals surface area contributed by atoms with Crippen LogP contribution in [0.2, 0.25) is 0 Å². The van der Waals surface area contributed by atoms with Gasteiger partial charge in [-0.3, -0.25) is 86.1 Å². The minimum atomic E-state index is -5.12. The minimum absolute atomic E-state index is 0.0231. The number of hydrogen-bond donors (Lipinski definition) is 18. The van der Waals surface area contributed by atoms with Gasteiger partial charge >= 0.3 is 29.2 Å². The molecule has 0 bridgehead atoms. The summed E-state index contributed by atoms with van der Waals surface area (Å²) < 4.78 is 72.6. The van der Waals surface area contributed by atoms with E-state index in [2.05, 4.69) is 121 Å². The molecule has 10 unspecified atom stereocenters. The lowest BCUT2D eigenvalue weighted by Crippen LogP contribution is -2.42. The van der Waals surface area contributed by atoms with Crippen LogP contribution in [0.4, 0.5) is 13.2 Å². The molecule has 728 valence electrons. The number of ether oxygens (including phenoxy) is 5. The number of H-pyrrole nitrogens is 5. The number of alkyl halides is 3. The van der Waals surface area contributed by atoms with E-state index < -0.39 is 215 Å². The zero-order chi connectivity index (χ0) is 97.7. The van der Waals surface area contributed by atoms with Crippen LogP contribution in [0.25, 0.3) is 0 Å². The molecule has 5 aromatic heterocycles. The number of rotatable bonds is 29. The molecule has 5 aromatic rings. The van der Waals surface area contributed by atoms with Crippen molar-refractivity contribution in [3.63, 3.8) is 0 Å². The van der Waals surface area contributed by atoms with Gasteiger partial charge in [0.2, 0.25) is 11.8 Å². The second kappa shape index (κ2) is 46.5. The molecule has 129 heavy (non-hydrogen) atoms. The van der Waals surface area contributed by atoms with Crippen LogP contribution in [0.3, 0.4) is 0 Å². The first-order chi connectivity index (χ1) is 59.4. The van der Waals surface area contributed by atoms with Crippen LogP contribution < -0.4 is 60.8 Å². The van der Waals surface area contributed by atoms with Crippen LogP contribution in [0.5, 0.6) is 0 Å². The van der Waals surface area contributed by atoms with Gasteiger partial charge in [0.25, 0.3) is 27.8 Å². The molecule has 5 aliphatic heterocycles. The molecule has 10 heterocycles. The van der Waals surface area contributed by atoms with Gasteiger partial charge in [-0.1, -0.05) is 6.92 Å². The zero-order valence-corrected chi connectivity index (χ0v) is 81.1. The third-order valence-electron chi connectivity index (χ3n) is 21.2. The quantitative estimate of drug-likeness (QED) is 0.0203. The molecule has 0 spiro atoms. The van der Waals surface area contributed by atoms with Crippen LogP contribution >= 0.6 is 58.9 Å². The van der Waals surface area contributed by atoms with Gasteiger partial charge in [0.05, 0.1) is 53.8 Å². The molecule has 0 radical (unpaired) electrons. The first-order valence-electron chi connectivity index (χ1n) is 41.0. The Hall–Kier alpha value is -6.70. The van der Waals surface area contributed by atoms with Gasteiger partial charge in [0.1, 0.15) is 61.0 Å². The van der Waals surface area contributed by atoms with Crippen LogP contribution in [0.15, 0.2) is 69.3 Å². The molecule has 5 saturated heterocycles. The summed E-state index contributed by atoms with van der Waals surface area (Å²) in [5.41, 5.74) is -4.19. The van der Waals surface area contributed by atoms with E-state index in [1.165, 1.54) is 41.6 Å². The Morgan fingerprint density at radius 1 is 0.403 bits per heavy atom. The minimum Gasteiger partial charge on any atom is -0.388 e. The topological polar surface area (TPSA) is 579 Å². The maximum absolute atomic E-state index is 12.6. The number of amides is 3. The number of aromatic amines is 5. The van der Waals surface area contributed by atoms with Crippen LogP contribution in [-0.2, 0) is 70.7 Å². The van der Waals surface area contributed by atoms with E-state index >= 15 is 0 Å². The predicted octanol–water partition coefficient (Wildman–Crippen LogP) is -0.911. The molecule has 0 aliphatic carbocycles. The molecular formula is C79H128F3N14O26P5S2. The monoisotopic (exact) mass is 1960 g/mol. The highest BCUT2D eigenvalue weighted by atomic mass is 32.1. The maximum atomic E-state index is 12.6.